The fourth-order valence-corrected chi connectivity index (χ4v) is 3.34. The number of amides is 1. The maximum atomic E-state index is 12.8. The molecule has 0 aromatic carbocycles. The topological polar surface area (TPSA) is 79.7 Å². The minimum Gasteiger partial charge on any atom is -0.481 e. The minimum absolute atomic E-state index is 0.0327. The van der Waals surface area contributed by atoms with Crippen LogP contribution in [0.1, 0.15) is 43.5 Å². The summed E-state index contributed by atoms with van der Waals surface area (Å²) in [5, 5.41) is 9.43. The first-order chi connectivity index (χ1) is 11.5. The molecule has 2 aliphatic rings. The summed E-state index contributed by atoms with van der Waals surface area (Å²) in [5.74, 6) is -0.393. The molecule has 6 heteroatoms. The fraction of sp³-hybridized carbons (Fsp3) is 0.611. The number of hydrogen-bond acceptors (Lipinski definition) is 4. The zero-order chi connectivity index (χ0) is 17.3. The lowest BCUT2D eigenvalue weighted by Gasteiger charge is -2.17. The molecule has 1 saturated heterocycles. The van der Waals surface area contributed by atoms with Crippen LogP contribution in [-0.2, 0) is 4.79 Å². The van der Waals surface area contributed by atoms with Gasteiger partial charge in [0.1, 0.15) is 0 Å². The number of carboxylic acid groups (broad SMARTS) is 1. The maximum absolute atomic E-state index is 12.8. The van der Waals surface area contributed by atoms with Crippen molar-refractivity contribution in [1.29, 1.82) is 0 Å². The van der Waals surface area contributed by atoms with Crippen LogP contribution in [0, 0.1) is 17.8 Å². The molecule has 1 amide bonds. The smallest absolute Gasteiger partial charge is 0.308 e. The Balaban J connectivity index is 1.72. The highest BCUT2D eigenvalue weighted by molar-refractivity contribution is 5.95. The highest BCUT2D eigenvalue weighted by Crippen LogP contribution is 2.44. The molecule has 1 aromatic heterocycles. The Morgan fingerprint density at radius 3 is 2.79 bits per heavy atom. The summed E-state index contributed by atoms with van der Waals surface area (Å²) in [4.78, 5) is 30.1. The molecule has 1 saturated carbocycles. The molecule has 1 N–H and O–H groups in total. The lowest BCUT2D eigenvalue weighted by Crippen LogP contribution is -2.30. The summed E-state index contributed by atoms with van der Waals surface area (Å²) < 4.78 is 5.67. The van der Waals surface area contributed by atoms with Gasteiger partial charge < -0.3 is 14.7 Å². The number of carbonyl (C=O) groups is 2. The van der Waals surface area contributed by atoms with E-state index >= 15 is 0 Å². The number of hydrogen-bond donors (Lipinski definition) is 1. The van der Waals surface area contributed by atoms with Crippen molar-refractivity contribution in [3.63, 3.8) is 0 Å². The molecule has 3 rings (SSSR count). The molecule has 130 valence electrons. The Bertz CT molecular complexity index is 629. The molecule has 1 aromatic rings. The van der Waals surface area contributed by atoms with Gasteiger partial charge in [0.25, 0.3) is 5.91 Å². The number of carboxylic acids is 1. The van der Waals surface area contributed by atoms with E-state index in [1.54, 1.807) is 23.2 Å². The lowest BCUT2D eigenvalue weighted by atomic mass is 9.92. The Morgan fingerprint density at radius 1 is 1.42 bits per heavy atom. The number of pyridine rings is 1. The van der Waals surface area contributed by atoms with E-state index in [1.165, 1.54) is 0 Å². The summed E-state index contributed by atoms with van der Waals surface area (Å²) in [6.45, 7) is 4.80. The highest BCUT2D eigenvalue weighted by atomic mass is 16.5. The van der Waals surface area contributed by atoms with Crippen molar-refractivity contribution in [2.75, 3.05) is 13.1 Å². The van der Waals surface area contributed by atoms with Crippen molar-refractivity contribution >= 4 is 11.9 Å². The van der Waals surface area contributed by atoms with Crippen LogP contribution in [0.15, 0.2) is 18.3 Å². The zero-order valence-electron chi connectivity index (χ0n) is 14.1. The molecule has 0 bridgehead atoms. The molecule has 3 atom stereocenters. The lowest BCUT2D eigenvalue weighted by molar-refractivity contribution is -0.142. The Kier molecular flexibility index (Phi) is 4.73. The summed E-state index contributed by atoms with van der Waals surface area (Å²) in [7, 11) is 0. The van der Waals surface area contributed by atoms with Gasteiger partial charge in [-0.1, -0.05) is 6.92 Å². The van der Waals surface area contributed by atoms with E-state index < -0.39 is 11.9 Å². The average Bonchev–Trinajstić information content (AvgIpc) is 3.32. The van der Waals surface area contributed by atoms with Gasteiger partial charge in [0.15, 0.2) is 0 Å². The first-order valence-corrected chi connectivity index (χ1v) is 8.64. The number of ether oxygens (including phenoxy) is 1. The fourth-order valence-electron chi connectivity index (χ4n) is 3.34. The highest BCUT2D eigenvalue weighted by Gasteiger charge is 2.46. The molecule has 24 heavy (non-hydrogen) atoms. The van der Waals surface area contributed by atoms with Gasteiger partial charge in [-0.05, 0) is 44.1 Å². The molecule has 1 unspecified atom stereocenters. The van der Waals surface area contributed by atoms with E-state index in [0.717, 1.165) is 19.3 Å². The van der Waals surface area contributed by atoms with Gasteiger partial charge in [-0.25, -0.2) is 4.98 Å². The second kappa shape index (κ2) is 6.79. The molecular weight excluding hydrogens is 308 g/mol. The second-order valence-corrected chi connectivity index (χ2v) is 6.88. The van der Waals surface area contributed by atoms with Crippen LogP contribution in [0.4, 0.5) is 0 Å². The van der Waals surface area contributed by atoms with Crippen LogP contribution in [0.25, 0.3) is 0 Å². The summed E-state index contributed by atoms with van der Waals surface area (Å²) in [6.07, 6.45) is 4.62. The van der Waals surface area contributed by atoms with Crippen LogP contribution in [0.3, 0.4) is 0 Å². The van der Waals surface area contributed by atoms with Gasteiger partial charge in [-0.15, -0.1) is 0 Å². The maximum Gasteiger partial charge on any atom is 0.308 e. The quantitative estimate of drug-likeness (QED) is 0.865. The van der Waals surface area contributed by atoms with Gasteiger partial charge >= 0.3 is 5.97 Å². The van der Waals surface area contributed by atoms with Gasteiger partial charge in [0.2, 0.25) is 5.88 Å². The molecular formula is C18H24N2O4. The number of aromatic nitrogens is 1. The normalized spacial score (nSPS) is 24.7. The van der Waals surface area contributed by atoms with Crippen molar-refractivity contribution in [1.82, 2.24) is 9.88 Å². The predicted octanol–water partition coefficient (Wildman–Crippen LogP) is 2.44. The van der Waals surface area contributed by atoms with Crippen LogP contribution < -0.4 is 4.74 Å². The molecule has 2 fully saturated rings. The number of likely N-dealkylation sites (tertiary alicyclic amines) is 1. The standard InChI is InChI=1S/C18H24N2O4/c1-3-11(2)24-16-8-13(6-7-19-16)17(21)20-9-14(12-4-5-12)15(10-20)18(22)23/h6-8,11-12,14-15H,3-5,9-10H2,1-2H3,(H,22,23)/t11?,14-,15+/m1/s1. The first-order valence-electron chi connectivity index (χ1n) is 8.64. The third-order valence-electron chi connectivity index (χ3n) is 5.08. The predicted molar refractivity (Wildman–Crippen MR) is 87.9 cm³/mol. The van der Waals surface area contributed by atoms with Crippen molar-refractivity contribution in [3.05, 3.63) is 23.9 Å². The van der Waals surface area contributed by atoms with Crippen LogP contribution in [-0.4, -0.2) is 46.1 Å². The van der Waals surface area contributed by atoms with Crippen molar-refractivity contribution in [2.45, 2.75) is 39.2 Å². The van der Waals surface area contributed by atoms with Crippen LogP contribution in [0.5, 0.6) is 5.88 Å². The van der Waals surface area contributed by atoms with Gasteiger partial charge in [-0.3, -0.25) is 9.59 Å². The third-order valence-corrected chi connectivity index (χ3v) is 5.08. The van der Waals surface area contributed by atoms with Crippen LogP contribution >= 0.6 is 0 Å². The summed E-state index contributed by atoms with van der Waals surface area (Å²) >= 11 is 0. The largest absolute Gasteiger partial charge is 0.481 e. The Morgan fingerprint density at radius 2 is 2.17 bits per heavy atom. The molecule has 6 nitrogen and oxygen atoms in total. The van der Waals surface area contributed by atoms with E-state index in [1.807, 2.05) is 13.8 Å². The Labute approximate surface area is 141 Å². The van der Waals surface area contributed by atoms with Gasteiger partial charge in [0.05, 0.1) is 12.0 Å². The minimum atomic E-state index is -0.794. The number of carbonyl (C=O) groups excluding carboxylic acids is 1. The second-order valence-electron chi connectivity index (χ2n) is 6.88. The molecule has 2 heterocycles. The van der Waals surface area contributed by atoms with Crippen LogP contribution in [0.2, 0.25) is 0 Å². The third kappa shape index (κ3) is 3.52. The zero-order valence-corrected chi connectivity index (χ0v) is 14.1. The van der Waals surface area contributed by atoms with Crippen molar-refractivity contribution < 1.29 is 19.4 Å². The molecule has 0 spiro atoms. The number of rotatable bonds is 6. The van der Waals surface area contributed by atoms with E-state index in [-0.39, 0.29) is 17.9 Å². The van der Waals surface area contributed by atoms with E-state index in [0.29, 0.717) is 30.5 Å². The van der Waals surface area contributed by atoms with E-state index in [4.69, 9.17) is 4.74 Å². The first kappa shape index (κ1) is 16.7. The van der Waals surface area contributed by atoms with Gasteiger partial charge in [0, 0.05) is 30.9 Å². The average molecular weight is 332 g/mol. The van der Waals surface area contributed by atoms with Gasteiger partial charge in [-0.2, -0.15) is 0 Å². The molecule has 1 aliphatic heterocycles. The van der Waals surface area contributed by atoms with Crippen molar-refractivity contribution in [3.8, 4) is 5.88 Å². The Hall–Kier alpha value is -2.11. The molecule has 1 aliphatic carbocycles. The summed E-state index contributed by atoms with van der Waals surface area (Å²) in [5.41, 5.74) is 0.504. The summed E-state index contributed by atoms with van der Waals surface area (Å²) in [6, 6.07) is 3.31. The monoisotopic (exact) mass is 332 g/mol. The molecule has 0 radical (unpaired) electrons. The van der Waals surface area contributed by atoms with Crippen molar-refractivity contribution in [2.24, 2.45) is 17.8 Å². The number of nitrogens with zero attached hydrogens (tertiary/aromatic N) is 2. The number of aliphatic carboxylic acids is 1. The van der Waals surface area contributed by atoms with E-state index in [2.05, 4.69) is 4.98 Å². The SMILES string of the molecule is CCC(C)Oc1cc(C(=O)N2C[C@H](C(=O)O)[C@@H](C3CC3)C2)ccn1. The van der Waals surface area contributed by atoms with E-state index in [9.17, 15) is 14.7 Å².